The molecule has 0 unspecified atom stereocenters. The minimum atomic E-state index is -0.128. The molecule has 5 nitrogen and oxygen atoms in total. The maximum absolute atomic E-state index is 9.66. The molecule has 0 aromatic heterocycles. The largest absolute Gasteiger partial charge is 0.490 e. The number of rotatable bonds is 6. The molecule has 3 N–H and O–H groups in total. The molecule has 6 heteroatoms. The van der Waals surface area contributed by atoms with Gasteiger partial charge in [-0.3, -0.25) is 0 Å². The van der Waals surface area contributed by atoms with Crippen molar-refractivity contribution >= 4 is 29.9 Å². The quantitative estimate of drug-likeness (QED) is 0.308. The van der Waals surface area contributed by atoms with Crippen LogP contribution in [0.25, 0.3) is 0 Å². The summed E-state index contributed by atoms with van der Waals surface area (Å²) in [6, 6.07) is 8.77. The van der Waals surface area contributed by atoms with Gasteiger partial charge in [-0.25, -0.2) is 4.99 Å². The number of aliphatic imine (C=N–C) groups is 1. The molecule has 0 aliphatic heterocycles. The standard InChI is InChI=1S/C22H35N3O2.HI/c1-2-23-22(25-18-10-12-19(26)13-11-18)24-16-17-8-14-21(15-9-17)27-20-6-4-3-5-7-20;/h8-9,14-15,18-20,26H,2-7,10-13,16H2,1H3,(H2,23,24,25);1H. The van der Waals surface area contributed by atoms with Crippen molar-refractivity contribution in [1.29, 1.82) is 0 Å². The van der Waals surface area contributed by atoms with E-state index < -0.39 is 0 Å². The third-order valence-electron chi connectivity index (χ3n) is 5.58. The molecule has 2 fully saturated rings. The summed E-state index contributed by atoms with van der Waals surface area (Å²) in [7, 11) is 0. The van der Waals surface area contributed by atoms with Crippen LogP contribution in [0.2, 0.25) is 0 Å². The Morgan fingerprint density at radius 2 is 1.71 bits per heavy atom. The average Bonchev–Trinajstić information content (AvgIpc) is 2.70. The number of ether oxygens (including phenoxy) is 1. The lowest BCUT2D eigenvalue weighted by atomic mass is 9.93. The summed E-state index contributed by atoms with van der Waals surface area (Å²) >= 11 is 0. The summed E-state index contributed by atoms with van der Waals surface area (Å²) in [5, 5.41) is 16.5. The Morgan fingerprint density at radius 3 is 2.36 bits per heavy atom. The Morgan fingerprint density at radius 1 is 1.04 bits per heavy atom. The minimum absolute atomic E-state index is 0. The zero-order chi connectivity index (χ0) is 18.9. The van der Waals surface area contributed by atoms with Crippen molar-refractivity contribution in [3.63, 3.8) is 0 Å². The number of aliphatic hydroxyl groups excluding tert-OH is 1. The Balaban J connectivity index is 0.00000280. The zero-order valence-electron chi connectivity index (χ0n) is 17.0. The van der Waals surface area contributed by atoms with E-state index in [0.29, 0.717) is 18.7 Å². The summed E-state index contributed by atoms with van der Waals surface area (Å²) in [6.45, 7) is 3.57. The van der Waals surface area contributed by atoms with E-state index in [-0.39, 0.29) is 30.1 Å². The van der Waals surface area contributed by atoms with Gasteiger partial charge >= 0.3 is 0 Å². The molecule has 28 heavy (non-hydrogen) atoms. The van der Waals surface area contributed by atoms with E-state index >= 15 is 0 Å². The average molecular weight is 501 g/mol. The Labute approximate surface area is 186 Å². The lowest BCUT2D eigenvalue weighted by molar-refractivity contribution is 0.120. The van der Waals surface area contributed by atoms with Gasteiger partial charge in [0.25, 0.3) is 0 Å². The molecule has 0 spiro atoms. The van der Waals surface area contributed by atoms with E-state index in [2.05, 4.69) is 41.8 Å². The maximum atomic E-state index is 9.66. The maximum Gasteiger partial charge on any atom is 0.191 e. The summed E-state index contributed by atoms with van der Waals surface area (Å²) in [5.41, 5.74) is 1.18. The lowest BCUT2D eigenvalue weighted by Crippen LogP contribution is -2.45. The molecule has 3 rings (SSSR count). The monoisotopic (exact) mass is 501 g/mol. The lowest BCUT2D eigenvalue weighted by Gasteiger charge is -2.27. The Hall–Kier alpha value is -1.02. The smallest absolute Gasteiger partial charge is 0.191 e. The summed E-state index contributed by atoms with van der Waals surface area (Å²) in [4.78, 5) is 4.73. The van der Waals surface area contributed by atoms with Crippen molar-refractivity contribution in [3.05, 3.63) is 29.8 Å². The van der Waals surface area contributed by atoms with Crippen molar-refractivity contribution in [1.82, 2.24) is 10.6 Å². The molecule has 2 aliphatic carbocycles. The summed E-state index contributed by atoms with van der Waals surface area (Å²) in [6.07, 6.45) is 10.3. The van der Waals surface area contributed by atoms with Crippen LogP contribution in [0.15, 0.2) is 29.3 Å². The van der Waals surface area contributed by atoms with Gasteiger partial charge < -0.3 is 20.5 Å². The summed E-state index contributed by atoms with van der Waals surface area (Å²) < 4.78 is 6.10. The first kappa shape index (κ1) is 23.3. The number of nitrogens with one attached hydrogen (secondary N) is 2. The second-order valence-corrected chi connectivity index (χ2v) is 7.87. The molecule has 0 saturated heterocycles. The predicted octanol–water partition coefficient (Wildman–Crippen LogP) is 4.37. The third-order valence-corrected chi connectivity index (χ3v) is 5.58. The van der Waals surface area contributed by atoms with E-state index in [4.69, 9.17) is 9.73 Å². The number of guanidine groups is 1. The van der Waals surface area contributed by atoms with Gasteiger partial charge in [-0.05, 0) is 76.0 Å². The molecule has 1 aromatic carbocycles. The van der Waals surface area contributed by atoms with Crippen LogP contribution in [0, 0.1) is 0 Å². The van der Waals surface area contributed by atoms with Gasteiger partial charge in [-0.1, -0.05) is 18.6 Å². The Bertz CT molecular complexity index is 580. The van der Waals surface area contributed by atoms with Crippen LogP contribution in [-0.4, -0.2) is 35.9 Å². The highest BCUT2D eigenvalue weighted by molar-refractivity contribution is 14.0. The van der Waals surface area contributed by atoms with Crippen LogP contribution in [0.3, 0.4) is 0 Å². The fourth-order valence-electron chi connectivity index (χ4n) is 3.95. The molecule has 0 radical (unpaired) electrons. The van der Waals surface area contributed by atoms with Crippen molar-refractivity contribution in [3.8, 4) is 5.75 Å². The first-order valence-electron chi connectivity index (χ1n) is 10.7. The number of hydrogen-bond donors (Lipinski definition) is 3. The van der Waals surface area contributed by atoms with Crippen molar-refractivity contribution < 1.29 is 9.84 Å². The van der Waals surface area contributed by atoms with E-state index in [1.807, 2.05) is 0 Å². The van der Waals surface area contributed by atoms with Crippen LogP contribution in [0.4, 0.5) is 0 Å². The number of aliphatic hydroxyl groups is 1. The predicted molar refractivity (Wildman–Crippen MR) is 126 cm³/mol. The van der Waals surface area contributed by atoms with Gasteiger partial charge in [-0.15, -0.1) is 24.0 Å². The molecule has 0 atom stereocenters. The first-order chi connectivity index (χ1) is 13.2. The summed E-state index contributed by atoms with van der Waals surface area (Å²) in [5.74, 6) is 1.84. The highest BCUT2D eigenvalue weighted by Crippen LogP contribution is 2.23. The minimum Gasteiger partial charge on any atom is -0.490 e. The third kappa shape index (κ3) is 7.78. The van der Waals surface area contributed by atoms with E-state index in [1.54, 1.807) is 0 Å². The van der Waals surface area contributed by atoms with Crippen LogP contribution in [0.1, 0.15) is 70.3 Å². The van der Waals surface area contributed by atoms with Crippen molar-refractivity contribution in [2.24, 2.45) is 4.99 Å². The van der Waals surface area contributed by atoms with Crippen LogP contribution >= 0.6 is 24.0 Å². The molecular weight excluding hydrogens is 465 g/mol. The molecule has 2 aliphatic rings. The fraction of sp³-hybridized carbons (Fsp3) is 0.682. The second kappa shape index (κ2) is 12.5. The topological polar surface area (TPSA) is 65.9 Å². The van der Waals surface area contributed by atoms with E-state index in [9.17, 15) is 5.11 Å². The highest BCUT2D eigenvalue weighted by Gasteiger charge is 2.20. The van der Waals surface area contributed by atoms with Gasteiger partial charge in [0.05, 0.1) is 18.8 Å². The normalized spacial score (nSPS) is 23.6. The highest BCUT2D eigenvalue weighted by atomic mass is 127. The molecule has 2 saturated carbocycles. The van der Waals surface area contributed by atoms with Gasteiger partial charge in [0, 0.05) is 12.6 Å². The number of halogens is 1. The van der Waals surface area contributed by atoms with Gasteiger partial charge in [0.2, 0.25) is 0 Å². The molecular formula is C22H36IN3O2. The number of nitrogens with zero attached hydrogens (tertiary/aromatic N) is 1. The molecule has 0 bridgehead atoms. The van der Waals surface area contributed by atoms with Gasteiger partial charge in [0.1, 0.15) is 5.75 Å². The van der Waals surface area contributed by atoms with Crippen molar-refractivity contribution in [2.45, 2.75) is 89.5 Å². The van der Waals surface area contributed by atoms with Crippen LogP contribution in [0.5, 0.6) is 5.75 Å². The zero-order valence-corrected chi connectivity index (χ0v) is 19.4. The van der Waals surface area contributed by atoms with Crippen LogP contribution < -0.4 is 15.4 Å². The molecule has 1 aromatic rings. The SMILES string of the molecule is CCNC(=NCc1ccc(OC2CCCCC2)cc1)NC1CCC(O)CC1.I. The Kier molecular flexibility index (Phi) is 10.4. The second-order valence-electron chi connectivity index (χ2n) is 7.87. The van der Waals surface area contributed by atoms with Crippen LogP contribution in [-0.2, 0) is 6.54 Å². The van der Waals surface area contributed by atoms with Gasteiger partial charge in [-0.2, -0.15) is 0 Å². The van der Waals surface area contributed by atoms with E-state index in [1.165, 1.54) is 37.7 Å². The van der Waals surface area contributed by atoms with Crippen molar-refractivity contribution in [2.75, 3.05) is 6.54 Å². The molecule has 158 valence electrons. The fourth-order valence-corrected chi connectivity index (χ4v) is 3.95. The van der Waals surface area contributed by atoms with E-state index in [0.717, 1.165) is 43.9 Å². The first-order valence-corrected chi connectivity index (χ1v) is 10.7. The molecule has 0 amide bonds. The van der Waals surface area contributed by atoms with Gasteiger partial charge in [0.15, 0.2) is 5.96 Å². The number of benzene rings is 1. The molecule has 0 heterocycles. The number of hydrogen-bond acceptors (Lipinski definition) is 3.